The Kier molecular flexibility index (Phi) is 9.51. The highest BCUT2D eigenvalue weighted by atomic mass is 35.5. The second-order valence-electron chi connectivity index (χ2n) is 6.05. The summed E-state index contributed by atoms with van der Waals surface area (Å²) in [4.78, 5) is 2.30. The van der Waals surface area contributed by atoms with E-state index in [1.165, 1.54) is 12.1 Å². The van der Waals surface area contributed by atoms with Crippen molar-refractivity contribution in [1.29, 1.82) is 0 Å². The predicted molar refractivity (Wildman–Crippen MR) is 92.6 cm³/mol. The molecule has 1 saturated heterocycles. The van der Waals surface area contributed by atoms with Crippen molar-refractivity contribution in [3.05, 3.63) is 35.4 Å². The van der Waals surface area contributed by atoms with Gasteiger partial charge in [0.1, 0.15) is 0 Å². The van der Waals surface area contributed by atoms with Crippen LogP contribution in [0.4, 0.5) is 13.2 Å². The van der Waals surface area contributed by atoms with Gasteiger partial charge in [0.05, 0.1) is 5.56 Å². The van der Waals surface area contributed by atoms with Crippen molar-refractivity contribution < 1.29 is 13.2 Å². The molecule has 1 aromatic rings. The van der Waals surface area contributed by atoms with Crippen LogP contribution in [-0.2, 0) is 6.18 Å². The fourth-order valence-electron chi connectivity index (χ4n) is 2.86. The largest absolute Gasteiger partial charge is 0.416 e. The molecule has 0 radical (unpaired) electrons. The van der Waals surface area contributed by atoms with Crippen LogP contribution < -0.4 is 5.32 Å². The van der Waals surface area contributed by atoms with E-state index in [1.54, 1.807) is 0 Å². The zero-order chi connectivity index (χ0) is 15.5. The molecule has 1 heterocycles. The molecule has 0 aliphatic carbocycles. The van der Waals surface area contributed by atoms with Gasteiger partial charge in [-0.1, -0.05) is 26.0 Å². The van der Waals surface area contributed by atoms with Gasteiger partial charge in [-0.3, -0.25) is 4.90 Å². The van der Waals surface area contributed by atoms with E-state index in [-0.39, 0.29) is 30.9 Å². The third kappa shape index (κ3) is 6.49. The zero-order valence-electron chi connectivity index (χ0n) is 13.4. The molecule has 0 bridgehead atoms. The molecule has 2 nitrogen and oxygen atoms in total. The lowest BCUT2D eigenvalue weighted by molar-refractivity contribution is -0.137. The highest BCUT2D eigenvalue weighted by molar-refractivity contribution is 5.85. The molecule has 134 valence electrons. The van der Waals surface area contributed by atoms with E-state index in [0.29, 0.717) is 5.92 Å². The van der Waals surface area contributed by atoms with E-state index in [9.17, 15) is 13.2 Å². The average molecular weight is 373 g/mol. The highest BCUT2D eigenvalue weighted by Gasteiger charge is 2.32. The standard InChI is InChI=1S/C16H23F3N2.2ClH/c1-12(2)10-15(21-8-6-20-7-9-21)13-4-3-5-14(11-13)16(17,18)19;;/h3-5,11-12,15,20H,6-10H2,1-2H3;2*1H/t15-;;/m1../s1. The van der Waals surface area contributed by atoms with Gasteiger partial charge in [-0.25, -0.2) is 0 Å². The van der Waals surface area contributed by atoms with Crippen molar-refractivity contribution in [2.24, 2.45) is 5.92 Å². The van der Waals surface area contributed by atoms with Crippen LogP contribution in [0.25, 0.3) is 0 Å². The fourth-order valence-corrected chi connectivity index (χ4v) is 2.86. The zero-order valence-corrected chi connectivity index (χ0v) is 15.0. The molecule has 1 aliphatic heterocycles. The molecule has 0 aromatic heterocycles. The molecule has 0 spiro atoms. The van der Waals surface area contributed by atoms with Gasteiger partial charge in [0, 0.05) is 32.2 Å². The van der Waals surface area contributed by atoms with Crippen molar-refractivity contribution in [1.82, 2.24) is 10.2 Å². The van der Waals surface area contributed by atoms with Crippen molar-refractivity contribution in [2.45, 2.75) is 32.5 Å². The van der Waals surface area contributed by atoms with Crippen molar-refractivity contribution in [3.63, 3.8) is 0 Å². The normalized spacial score (nSPS) is 17.3. The Bertz CT molecular complexity index is 461. The van der Waals surface area contributed by atoms with Gasteiger partial charge in [-0.2, -0.15) is 13.2 Å². The first-order valence-electron chi connectivity index (χ1n) is 7.50. The number of benzene rings is 1. The maximum Gasteiger partial charge on any atom is 0.416 e. The Morgan fingerprint density at radius 3 is 2.26 bits per heavy atom. The molecule has 7 heteroatoms. The van der Waals surface area contributed by atoms with Gasteiger partial charge in [-0.05, 0) is 30.0 Å². The first kappa shape index (κ1) is 22.5. The maximum absolute atomic E-state index is 12.9. The quantitative estimate of drug-likeness (QED) is 0.834. The minimum absolute atomic E-state index is 0. The molecule has 0 unspecified atom stereocenters. The second-order valence-corrected chi connectivity index (χ2v) is 6.05. The van der Waals surface area contributed by atoms with Gasteiger partial charge in [-0.15, -0.1) is 24.8 Å². The van der Waals surface area contributed by atoms with Crippen molar-refractivity contribution in [3.8, 4) is 0 Å². The summed E-state index contributed by atoms with van der Waals surface area (Å²) in [6.07, 6.45) is -3.40. The molecule has 2 rings (SSSR count). The number of piperazine rings is 1. The Morgan fingerprint density at radius 1 is 1.13 bits per heavy atom. The minimum atomic E-state index is -4.28. The highest BCUT2D eigenvalue weighted by Crippen LogP contribution is 2.34. The van der Waals surface area contributed by atoms with Crippen LogP contribution in [0.2, 0.25) is 0 Å². The van der Waals surface area contributed by atoms with Crippen molar-refractivity contribution >= 4 is 24.8 Å². The number of nitrogens with zero attached hydrogens (tertiary/aromatic N) is 1. The van der Waals surface area contributed by atoms with Crippen LogP contribution in [0.5, 0.6) is 0 Å². The molecule has 0 amide bonds. The SMILES string of the molecule is CC(C)C[C@H](c1cccc(C(F)(F)F)c1)N1CCNCC1.Cl.Cl. The van der Waals surface area contributed by atoms with Crippen LogP contribution in [0.3, 0.4) is 0 Å². The monoisotopic (exact) mass is 372 g/mol. The molecule has 1 atom stereocenters. The summed E-state index contributed by atoms with van der Waals surface area (Å²) in [5.74, 6) is 0.444. The van der Waals surface area contributed by atoms with Crippen LogP contribution in [0.1, 0.15) is 37.4 Å². The molecule has 1 aliphatic rings. The summed E-state index contributed by atoms with van der Waals surface area (Å²) < 4.78 is 38.7. The second kappa shape index (κ2) is 9.72. The first-order chi connectivity index (χ1) is 9.88. The summed E-state index contributed by atoms with van der Waals surface area (Å²) in [6, 6.07) is 5.87. The predicted octanol–water partition coefficient (Wildman–Crippen LogP) is 4.54. The van der Waals surface area contributed by atoms with Gasteiger partial charge in [0.25, 0.3) is 0 Å². The van der Waals surface area contributed by atoms with Crippen molar-refractivity contribution in [2.75, 3.05) is 26.2 Å². The van der Waals surface area contributed by atoms with Crippen LogP contribution in [0.15, 0.2) is 24.3 Å². The Labute approximate surface area is 148 Å². The summed E-state index contributed by atoms with van der Waals surface area (Å²) in [6.45, 7) is 7.79. The summed E-state index contributed by atoms with van der Waals surface area (Å²) >= 11 is 0. The molecule has 0 saturated carbocycles. The Morgan fingerprint density at radius 2 is 1.74 bits per heavy atom. The average Bonchev–Trinajstić information content (AvgIpc) is 2.45. The summed E-state index contributed by atoms with van der Waals surface area (Å²) in [7, 11) is 0. The smallest absolute Gasteiger partial charge is 0.314 e. The maximum atomic E-state index is 12.9. The van der Waals surface area contributed by atoms with Gasteiger partial charge in [0.15, 0.2) is 0 Å². The third-order valence-corrected chi connectivity index (χ3v) is 3.89. The van der Waals surface area contributed by atoms with Crippen LogP contribution in [-0.4, -0.2) is 31.1 Å². The van der Waals surface area contributed by atoms with Gasteiger partial charge < -0.3 is 5.32 Å². The summed E-state index contributed by atoms with van der Waals surface area (Å²) in [5, 5.41) is 3.29. The lowest BCUT2D eigenvalue weighted by atomic mass is 9.94. The molecule has 1 N–H and O–H groups in total. The Hall–Kier alpha value is -0.490. The molecular weight excluding hydrogens is 348 g/mol. The lowest BCUT2D eigenvalue weighted by Crippen LogP contribution is -2.45. The van der Waals surface area contributed by atoms with Gasteiger partial charge in [0.2, 0.25) is 0 Å². The van der Waals surface area contributed by atoms with Crippen LogP contribution >= 0.6 is 24.8 Å². The van der Waals surface area contributed by atoms with E-state index < -0.39 is 11.7 Å². The molecule has 1 fully saturated rings. The van der Waals surface area contributed by atoms with E-state index >= 15 is 0 Å². The van der Waals surface area contributed by atoms with Gasteiger partial charge >= 0.3 is 6.18 Å². The fraction of sp³-hybridized carbons (Fsp3) is 0.625. The van der Waals surface area contributed by atoms with E-state index in [0.717, 1.165) is 44.2 Å². The number of halogens is 5. The van der Waals surface area contributed by atoms with E-state index in [4.69, 9.17) is 0 Å². The third-order valence-electron chi connectivity index (χ3n) is 3.89. The minimum Gasteiger partial charge on any atom is -0.314 e. The topological polar surface area (TPSA) is 15.3 Å². The summed E-state index contributed by atoms with van der Waals surface area (Å²) in [5.41, 5.74) is 0.226. The van der Waals surface area contributed by atoms with E-state index in [1.807, 2.05) is 6.07 Å². The number of hydrogen-bond donors (Lipinski definition) is 1. The molecule has 23 heavy (non-hydrogen) atoms. The first-order valence-corrected chi connectivity index (χ1v) is 7.50. The van der Waals surface area contributed by atoms with Crippen LogP contribution in [0, 0.1) is 5.92 Å². The molecular formula is C16H25Cl2F3N2. The molecule has 1 aromatic carbocycles. The number of nitrogens with one attached hydrogen (secondary N) is 1. The van der Waals surface area contributed by atoms with E-state index in [2.05, 4.69) is 24.1 Å². The Balaban J connectivity index is 0.00000242. The number of hydrogen-bond acceptors (Lipinski definition) is 2. The number of rotatable bonds is 4. The lowest BCUT2D eigenvalue weighted by Gasteiger charge is -2.36. The number of alkyl halides is 3.